The summed E-state index contributed by atoms with van der Waals surface area (Å²) in [6.07, 6.45) is 0.943. The molecule has 0 spiro atoms. The van der Waals surface area contributed by atoms with Crippen molar-refractivity contribution < 1.29 is 14.2 Å². The molecule has 4 rings (SSSR count). The summed E-state index contributed by atoms with van der Waals surface area (Å²) in [5.74, 6) is 1.49. The van der Waals surface area contributed by atoms with Crippen LogP contribution in [0.2, 0.25) is 0 Å². The molecule has 0 unspecified atom stereocenters. The Balaban J connectivity index is 0.00000240. The molecule has 0 radical (unpaired) electrons. The van der Waals surface area contributed by atoms with Crippen LogP contribution < -0.4 is 10.5 Å². The summed E-state index contributed by atoms with van der Waals surface area (Å²) < 4.78 is 21.4. The number of rotatable bonds is 5. The molecule has 1 fully saturated rings. The van der Waals surface area contributed by atoms with Gasteiger partial charge >= 0.3 is 0 Å². The number of halogens is 2. The van der Waals surface area contributed by atoms with Crippen LogP contribution >= 0.6 is 12.4 Å². The monoisotopic (exact) mass is 418 g/mol. The number of aliphatic hydroxyl groups excluding tert-OH is 1. The van der Waals surface area contributed by atoms with Gasteiger partial charge in [-0.25, -0.2) is 14.1 Å². The van der Waals surface area contributed by atoms with Gasteiger partial charge in [0.15, 0.2) is 5.82 Å². The van der Waals surface area contributed by atoms with E-state index in [2.05, 4.69) is 5.10 Å². The van der Waals surface area contributed by atoms with E-state index >= 15 is 0 Å². The third kappa shape index (κ3) is 4.27. The Hall–Kier alpha value is -2.48. The standard InChI is InChI=1S/C21H23FN4O2.ClH/c1-28-19-9-5-2-6-13(19)12-20-24-21(14-10-16(23)18(27)11-14)26(25-20)17-8-4-3-7-15(17)22;/h2-9,14,16,18,27H,10-12,23H2,1H3;1H/t14-,16+,18+;/m0./s1. The molecule has 8 heteroatoms. The molecule has 3 aromatic rings. The molecule has 3 N–H and O–H groups in total. The van der Waals surface area contributed by atoms with Crippen molar-refractivity contribution in [2.45, 2.75) is 37.3 Å². The molecule has 29 heavy (non-hydrogen) atoms. The van der Waals surface area contributed by atoms with Gasteiger partial charge in [-0.05, 0) is 31.0 Å². The van der Waals surface area contributed by atoms with E-state index in [1.807, 2.05) is 24.3 Å². The molecule has 1 aliphatic rings. The number of para-hydroxylation sites is 2. The number of aliphatic hydroxyl groups is 1. The summed E-state index contributed by atoms with van der Waals surface area (Å²) in [6.45, 7) is 0. The van der Waals surface area contributed by atoms with Crippen LogP contribution in [0.4, 0.5) is 4.39 Å². The first kappa shape index (κ1) is 21.2. The molecule has 0 bridgehead atoms. The van der Waals surface area contributed by atoms with Gasteiger partial charge in [0.05, 0.1) is 13.2 Å². The molecule has 2 aromatic carbocycles. The van der Waals surface area contributed by atoms with Crippen molar-refractivity contribution in [2.75, 3.05) is 7.11 Å². The van der Waals surface area contributed by atoms with Gasteiger partial charge in [-0.1, -0.05) is 30.3 Å². The van der Waals surface area contributed by atoms with Gasteiger partial charge in [-0.15, -0.1) is 12.4 Å². The smallest absolute Gasteiger partial charge is 0.155 e. The summed E-state index contributed by atoms with van der Waals surface area (Å²) in [4.78, 5) is 4.71. The van der Waals surface area contributed by atoms with Gasteiger partial charge in [0.25, 0.3) is 0 Å². The van der Waals surface area contributed by atoms with Crippen LogP contribution in [0.25, 0.3) is 5.69 Å². The van der Waals surface area contributed by atoms with Crippen molar-refractivity contribution in [3.63, 3.8) is 0 Å². The molecular weight excluding hydrogens is 395 g/mol. The molecule has 0 saturated heterocycles. The second kappa shape index (κ2) is 8.90. The molecule has 154 valence electrons. The molecule has 6 nitrogen and oxygen atoms in total. The first-order valence-corrected chi connectivity index (χ1v) is 9.33. The highest BCUT2D eigenvalue weighted by Crippen LogP contribution is 2.34. The lowest BCUT2D eigenvalue weighted by Crippen LogP contribution is -2.28. The lowest BCUT2D eigenvalue weighted by atomic mass is 10.1. The molecule has 1 aliphatic carbocycles. The van der Waals surface area contributed by atoms with E-state index in [4.69, 9.17) is 15.5 Å². The zero-order chi connectivity index (χ0) is 19.7. The fraction of sp³-hybridized carbons (Fsp3) is 0.333. The molecular formula is C21H24ClFN4O2. The van der Waals surface area contributed by atoms with E-state index in [9.17, 15) is 9.50 Å². The minimum Gasteiger partial charge on any atom is -0.496 e. The van der Waals surface area contributed by atoms with Crippen LogP contribution in [0.3, 0.4) is 0 Å². The fourth-order valence-electron chi connectivity index (χ4n) is 3.79. The van der Waals surface area contributed by atoms with Crippen molar-refractivity contribution in [1.82, 2.24) is 14.8 Å². The summed E-state index contributed by atoms with van der Waals surface area (Å²) >= 11 is 0. The quantitative estimate of drug-likeness (QED) is 0.665. The Morgan fingerprint density at radius 2 is 1.90 bits per heavy atom. The van der Waals surface area contributed by atoms with Crippen molar-refractivity contribution in [3.05, 3.63) is 71.6 Å². The largest absolute Gasteiger partial charge is 0.496 e. The Labute approximate surface area is 174 Å². The number of nitrogens with zero attached hydrogens (tertiary/aromatic N) is 3. The predicted octanol–water partition coefficient (Wildman–Crippen LogP) is 2.99. The molecule has 0 amide bonds. The number of aromatic nitrogens is 3. The van der Waals surface area contributed by atoms with Crippen LogP contribution in [-0.2, 0) is 6.42 Å². The van der Waals surface area contributed by atoms with Crippen LogP contribution in [0.5, 0.6) is 5.75 Å². The van der Waals surface area contributed by atoms with E-state index < -0.39 is 6.10 Å². The van der Waals surface area contributed by atoms with E-state index in [0.717, 1.165) is 11.3 Å². The van der Waals surface area contributed by atoms with Crippen molar-refractivity contribution in [3.8, 4) is 11.4 Å². The van der Waals surface area contributed by atoms with Gasteiger partial charge in [0.1, 0.15) is 23.1 Å². The maximum absolute atomic E-state index is 14.5. The summed E-state index contributed by atoms with van der Waals surface area (Å²) in [5.41, 5.74) is 7.28. The minimum absolute atomic E-state index is 0. The first-order chi connectivity index (χ1) is 13.6. The highest BCUT2D eigenvalue weighted by atomic mass is 35.5. The minimum atomic E-state index is -0.589. The van der Waals surface area contributed by atoms with Crippen LogP contribution in [-0.4, -0.2) is 39.1 Å². The topological polar surface area (TPSA) is 86.2 Å². The third-order valence-corrected chi connectivity index (χ3v) is 5.24. The van der Waals surface area contributed by atoms with Gasteiger partial charge in [-0.2, -0.15) is 5.10 Å². The summed E-state index contributed by atoms with van der Waals surface area (Å²) in [7, 11) is 1.62. The zero-order valence-electron chi connectivity index (χ0n) is 16.0. The number of hydrogen-bond donors (Lipinski definition) is 2. The number of nitrogens with two attached hydrogens (primary N) is 1. The van der Waals surface area contributed by atoms with Crippen LogP contribution in [0, 0.1) is 5.82 Å². The second-order valence-corrected chi connectivity index (χ2v) is 7.14. The highest BCUT2D eigenvalue weighted by molar-refractivity contribution is 5.85. The van der Waals surface area contributed by atoms with Gasteiger partial charge in [0.2, 0.25) is 0 Å². The normalized spacial score (nSPS) is 21.0. The summed E-state index contributed by atoms with van der Waals surface area (Å²) in [6, 6.07) is 13.8. The molecule has 1 heterocycles. The lowest BCUT2D eigenvalue weighted by molar-refractivity contribution is 0.163. The number of hydrogen-bond acceptors (Lipinski definition) is 5. The molecule has 3 atom stereocenters. The molecule has 1 aromatic heterocycles. The Morgan fingerprint density at radius 1 is 1.17 bits per heavy atom. The fourth-order valence-corrected chi connectivity index (χ4v) is 3.79. The molecule has 0 aliphatic heterocycles. The number of methoxy groups -OCH3 is 1. The van der Waals surface area contributed by atoms with Crippen molar-refractivity contribution >= 4 is 12.4 Å². The Bertz CT molecular complexity index is 971. The predicted molar refractivity (Wildman–Crippen MR) is 110 cm³/mol. The lowest BCUT2D eigenvalue weighted by Gasteiger charge is -2.11. The van der Waals surface area contributed by atoms with Crippen LogP contribution in [0.1, 0.15) is 36.0 Å². The zero-order valence-corrected chi connectivity index (χ0v) is 16.8. The number of ether oxygens (including phenoxy) is 1. The van der Waals surface area contributed by atoms with E-state index in [1.165, 1.54) is 6.07 Å². The van der Waals surface area contributed by atoms with Gasteiger partial charge in [0, 0.05) is 23.9 Å². The Kier molecular flexibility index (Phi) is 6.52. The van der Waals surface area contributed by atoms with E-state index in [0.29, 0.717) is 36.6 Å². The highest BCUT2D eigenvalue weighted by Gasteiger charge is 2.35. The van der Waals surface area contributed by atoms with Crippen molar-refractivity contribution in [2.24, 2.45) is 5.73 Å². The van der Waals surface area contributed by atoms with Gasteiger partial charge < -0.3 is 15.6 Å². The third-order valence-electron chi connectivity index (χ3n) is 5.24. The average molecular weight is 419 g/mol. The summed E-state index contributed by atoms with van der Waals surface area (Å²) in [5, 5.41) is 14.7. The molecule has 1 saturated carbocycles. The maximum atomic E-state index is 14.5. The van der Waals surface area contributed by atoms with E-state index in [-0.39, 0.29) is 30.2 Å². The average Bonchev–Trinajstić information content (AvgIpc) is 3.26. The SMILES string of the molecule is COc1ccccc1Cc1nc([C@H]2C[C@@H](N)[C@H](O)C2)n(-c2ccccc2F)n1.Cl. The van der Waals surface area contributed by atoms with Gasteiger partial charge in [-0.3, -0.25) is 0 Å². The Morgan fingerprint density at radius 3 is 2.59 bits per heavy atom. The van der Waals surface area contributed by atoms with Crippen LogP contribution in [0.15, 0.2) is 48.5 Å². The maximum Gasteiger partial charge on any atom is 0.155 e. The van der Waals surface area contributed by atoms with E-state index in [1.54, 1.807) is 30.0 Å². The first-order valence-electron chi connectivity index (χ1n) is 9.33. The second-order valence-electron chi connectivity index (χ2n) is 7.14. The van der Waals surface area contributed by atoms with Crippen molar-refractivity contribution in [1.29, 1.82) is 0 Å². The number of benzene rings is 2.